The van der Waals surface area contributed by atoms with Crippen molar-refractivity contribution in [1.82, 2.24) is 0 Å². The van der Waals surface area contributed by atoms with Crippen molar-refractivity contribution in [3.8, 4) is 0 Å². The summed E-state index contributed by atoms with van der Waals surface area (Å²) in [6.45, 7) is 3.83. The first kappa shape index (κ1) is 7.14. The topological polar surface area (TPSA) is 29.5 Å². The summed E-state index contributed by atoms with van der Waals surface area (Å²) in [4.78, 5) is 0. The molecular weight excluding hydrogens is 108 g/mol. The molecule has 0 fully saturated rings. The van der Waals surface area contributed by atoms with Crippen molar-refractivity contribution in [2.24, 2.45) is 0 Å². The van der Waals surface area contributed by atoms with Crippen LogP contribution in [-0.2, 0) is 4.43 Å². The third kappa shape index (κ3) is 2.79. The van der Waals surface area contributed by atoms with Crippen LogP contribution >= 0.6 is 0 Å². The molecule has 1 N–H and O–H groups in total. The molecule has 0 bridgehead atoms. The van der Waals surface area contributed by atoms with E-state index in [0.29, 0.717) is 10.5 Å². The second-order valence-electron chi connectivity index (χ2n) is 2.12. The molecule has 0 unspecified atom stereocenters. The molecule has 3 heteroatoms. The zero-order chi connectivity index (χ0) is 5.91. The first-order valence-corrected chi connectivity index (χ1v) is 3.10. The zero-order valence-electron chi connectivity index (χ0n) is 5.06. The molecule has 0 rings (SSSR count). The summed E-state index contributed by atoms with van der Waals surface area (Å²) in [7, 11) is 0.697. The summed E-state index contributed by atoms with van der Waals surface area (Å²) < 4.78 is 4.98. The van der Waals surface area contributed by atoms with Gasteiger partial charge in [0.05, 0.1) is 12.2 Å². The van der Waals surface area contributed by atoms with E-state index in [0.717, 1.165) is 0 Å². The Morgan fingerprint density at radius 3 is 2.14 bits per heavy atom. The molecular formula is C4H12O2Si. The molecule has 2 nitrogen and oxygen atoms in total. The molecule has 0 spiro atoms. The summed E-state index contributed by atoms with van der Waals surface area (Å²) in [6, 6.07) is 0. The minimum Gasteiger partial charge on any atom is -0.421 e. The molecule has 0 aromatic heterocycles. The third-order valence-electron chi connectivity index (χ3n) is 0.933. The van der Waals surface area contributed by atoms with E-state index in [1.165, 1.54) is 0 Å². The van der Waals surface area contributed by atoms with Crippen molar-refractivity contribution in [3.05, 3.63) is 0 Å². The highest BCUT2D eigenvalue weighted by Gasteiger charge is 2.11. The van der Waals surface area contributed by atoms with Crippen LogP contribution in [0.25, 0.3) is 0 Å². The van der Waals surface area contributed by atoms with Gasteiger partial charge in [-0.3, -0.25) is 0 Å². The predicted octanol–water partition coefficient (Wildman–Crippen LogP) is -0.946. The van der Waals surface area contributed by atoms with Gasteiger partial charge in [0.15, 0.2) is 0 Å². The fourth-order valence-electron chi connectivity index (χ4n) is 0.0645. The average Bonchev–Trinajstić information content (AvgIpc) is 1.68. The van der Waals surface area contributed by atoms with E-state index >= 15 is 0 Å². The van der Waals surface area contributed by atoms with Gasteiger partial charge in [0.25, 0.3) is 0 Å². The van der Waals surface area contributed by atoms with E-state index in [1.807, 2.05) is 13.8 Å². The maximum Gasteiger partial charge on any atom is 0.146 e. The van der Waals surface area contributed by atoms with Crippen molar-refractivity contribution < 1.29 is 9.53 Å². The Hall–Kier alpha value is 0.137. The fourth-order valence-corrected chi connectivity index (χ4v) is 0.194. The second kappa shape index (κ2) is 2.45. The van der Waals surface area contributed by atoms with Gasteiger partial charge >= 0.3 is 0 Å². The van der Waals surface area contributed by atoms with E-state index in [-0.39, 0.29) is 12.2 Å². The largest absolute Gasteiger partial charge is 0.421 e. The van der Waals surface area contributed by atoms with Crippen LogP contribution < -0.4 is 0 Å². The zero-order valence-corrected chi connectivity index (χ0v) is 7.06. The highest BCUT2D eigenvalue weighted by molar-refractivity contribution is 5.98. The molecule has 0 aliphatic rings. The highest BCUT2D eigenvalue weighted by Crippen LogP contribution is 2.02. The molecule has 0 amide bonds. The Morgan fingerprint density at radius 1 is 1.71 bits per heavy atom. The Balaban J connectivity index is 3.36. The smallest absolute Gasteiger partial charge is 0.146 e. The van der Waals surface area contributed by atoms with Crippen LogP contribution in [0.4, 0.5) is 0 Å². The van der Waals surface area contributed by atoms with Crippen molar-refractivity contribution in [1.29, 1.82) is 0 Å². The van der Waals surface area contributed by atoms with Gasteiger partial charge in [-0.05, 0) is 13.8 Å². The van der Waals surface area contributed by atoms with Crippen LogP contribution in [0.2, 0.25) is 0 Å². The quantitative estimate of drug-likeness (QED) is 0.476. The molecule has 0 saturated heterocycles. The van der Waals surface area contributed by atoms with Crippen LogP contribution in [0.3, 0.4) is 0 Å². The Bertz CT molecular complexity index is 47.7. The Labute approximate surface area is 47.0 Å². The fraction of sp³-hybridized carbons (Fsp3) is 1.00. The number of aliphatic hydroxyl groups excluding tert-OH is 1. The summed E-state index contributed by atoms with van der Waals surface area (Å²) in [6.07, 6.45) is 0. The Kier molecular flexibility index (Phi) is 2.49. The number of rotatable bonds is 2. The number of hydrogen-bond donors (Lipinski definition) is 1. The minimum atomic E-state index is -0.299. The molecule has 0 saturated carbocycles. The first-order valence-electron chi connectivity index (χ1n) is 2.28. The van der Waals surface area contributed by atoms with E-state index in [1.54, 1.807) is 0 Å². The van der Waals surface area contributed by atoms with Crippen molar-refractivity contribution in [2.75, 3.05) is 6.61 Å². The van der Waals surface area contributed by atoms with Crippen LogP contribution in [-0.4, -0.2) is 27.8 Å². The lowest BCUT2D eigenvalue weighted by Gasteiger charge is -2.19. The normalized spacial score (nSPS) is 12.4. The summed E-state index contributed by atoms with van der Waals surface area (Å²) in [5.74, 6) is 0. The van der Waals surface area contributed by atoms with Gasteiger partial charge in [-0.15, -0.1) is 0 Å². The van der Waals surface area contributed by atoms with Gasteiger partial charge in [-0.1, -0.05) is 0 Å². The van der Waals surface area contributed by atoms with Crippen LogP contribution in [0, 0.1) is 0 Å². The summed E-state index contributed by atoms with van der Waals surface area (Å²) in [5.41, 5.74) is -0.299. The minimum absolute atomic E-state index is 0.108. The lowest BCUT2D eigenvalue weighted by Crippen LogP contribution is -2.27. The van der Waals surface area contributed by atoms with E-state index < -0.39 is 0 Å². The third-order valence-corrected chi connectivity index (χ3v) is 2.04. The lowest BCUT2D eigenvalue weighted by atomic mass is 10.2. The van der Waals surface area contributed by atoms with Crippen LogP contribution in [0.5, 0.6) is 0 Å². The van der Waals surface area contributed by atoms with Gasteiger partial charge in [-0.2, -0.15) is 0 Å². The molecule has 7 heavy (non-hydrogen) atoms. The van der Waals surface area contributed by atoms with Crippen molar-refractivity contribution in [2.45, 2.75) is 19.4 Å². The molecule has 0 radical (unpaired) electrons. The SMILES string of the molecule is CC(C)(CO)O[SiH3]. The molecule has 0 aromatic carbocycles. The summed E-state index contributed by atoms with van der Waals surface area (Å²) in [5, 5.41) is 8.49. The van der Waals surface area contributed by atoms with Crippen molar-refractivity contribution in [3.63, 3.8) is 0 Å². The first-order chi connectivity index (χ1) is 3.12. The molecule has 0 atom stereocenters. The average molecular weight is 120 g/mol. The van der Waals surface area contributed by atoms with Gasteiger partial charge in [0.2, 0.25) is 0 Å². The van der Waals surface area contributed by atoms with Gasteiger partial charge < -0.3 is 9.53 Å². The maximum atomic E-state index is 8.49. The van der Waals surface area contributed by atoms with Gasteiger partial charge in [0, 0.05) is 0 Å². The standard InChI is InChI=1S/C4H12O2Si/c1-4(2,3-5)6-7/h5H,3H2,1-2,7H3. The van der Waals surface area contributed by atoms with E-state index in [9.17, 15) is 0 Å². The summed E-state index contributed by atoms with van der Waals surface area (Å²) >= 11 is 0. The molecule has 0 heterocycles. The number of hydrogen-bond acceptors (Lipinski definition) is 2. The van der Waals surface area contributed by atoms with Gasteiger partial charge in [-0.25, -0.2) is 0 Å². The number of aliphatic hydroxyl groups is 1. The van der Waals surface area contributed by atoms with E-state index in [2.05, 4.69) is 0 Å². The monoisotopic (exact) mass is 120 g/mol. The molecule has 44 valence electrons. The highest BCUT2D eigenvalue weighted by atomic mass is 28.2. The lowest BCUT2D eigenvalue weighted by molar-refractivity contribution is 0.0493. The second-order valence-corrected chi connectivity index (χ2v) is 2.53. The maximum absolute atomic E-state index is 8.49. The van der Waals surface area contributed by atoms with Crippen molar-refractivity contribution >= 4 is 10.5 Å². The van der Waals surface area contributed by atoms with Crippen LogP contribution in [0.15, 0.2) is 0 Å². The van der Waals surface area contributed by atoms with E-state index in [4.69, 9.17) is 9.53 Å². The molecule has 0 aliphatic carbocycles. The predicted molar refractivity (Wildman–Crippen MR) is 32.2 cm³/mol. The Morgan fingerprint density at radius 2 is 2.14 bits per heavy atom. The molecule has 0 aliphatic heterocycles. The molecule has 0 aromatic rings. The van der Waals surface area contributed by atoms with Gasteiger partial charge in [0.1, 0.15) is 10.5 Å². The van der Waals surface area contributed by atoms with Crippen LogP contribution in [0.1, 0.15) is 13.8 Å².